The lowest BCUT2D eigenvalue weighted by atomic mass is 9.94. The Morgan fingerprint density at radius 1 is 1.12 bits per heavy atom. The quantitative estimate of drug-likeness (QED) is 0.753. The summed E-state index contributed by atoms with van der Waals surface area (Å²) < 4.78 is 5.26. The summed E-state index contributed by atoms with van der Waals surface area (Å²) >= 11 is 0. The largest absolute Gasteiger partial charge is 0.497 e. The summed E-state index contributed by atoms with van der Waals surface area (Å²) in [6, 6.07) is 18.2. The van der Waals surface area contributed by atoms with Crippen molar-refractivity contribution in [2.75, 3.05) is 20.2 Å². The Morgan fingerprint density at radius 3 is 2.69 bits per heavy atom. The molecule has 0 saturated carbocycles. The third-order valence-electron chi connectivity index (χ3n) is 5.31. The van der Waals surface area contributed by atoms with Crippen LogP contribution in [0.2, 0.25) is 0 Å². The molecule has 1 fully saturated rings. The first kappa shape index (κ1) is 16.7. The number of nitrogens with zero attached hydrogens (tertiary/aromatic N) is 1. The summed E-state index contributed by atoms with van der Waals surface area (Å²) in [7, 11) is 1.68. The number of para-hydroxylation sites is 1. The number of aromatic amines is 1. The van der Waals surface area contributed by atoms with Gasteiger partial charge in [0.05, 0.1) is 7.11 Å². The Kier molecular flexibility index (Phi) is 4.65. The van der Waals surface area contributed by atoms with E-state index < -0.39 is 0 Å². The van der Waals surface area contributed by atoms with Crippen molar-refractivity contribution in [3.05, 3.63) is 65.9 Å². The SMILES string of the molecule is COc1ccc(C2CCCCN(C(=O)c3cc4ccccc4[nH]3)C2)cc1. The van der Waals surface area contributed by atoms with Crippen molar-refractivity contribution < 1.29 is 9.53 Å². The molecule has 1 atom stereocenters. The molecule has 1 saturated heterocycles. The topological polar surface area (TPSA) is 45.3 Å². The van der Waals surface area contributed by atoms with Crippen LogP contribution in [0.4, 0.5) is 0 Å². The normalized spacial score (nSPS) is 17.9. The zero-order valence-corrected chi connectivity index (χ0v) is 15.1. The van der Waals surface area contributed by atoms with Gasteiger partial charge in [-0.1, -0.05) is 36.8 Å². The van der Waals surface area contributed by atoms with Gasteiger partial charge in [0.1, 0.15) is 11.4 Å². The lowest BCUT2D eigenvalue weighted by molar-refractivity contribution is 0.0749. The second kappa shape index (κ2) is 7.24. The number of aromatic nitrogens is 1. The molecule has 4 heteroatoms. The second-order valence-electron chi connectivity index (χ2n) is 6.99. The molecule has 0 radical (unpaired) electrons. The summed E-state index contributed by atoms with van der Waals surface area (Å²) in [5, 5.41) is 1.08. The van der Waals surface area contributed by atoms with Crippen molar-refractivity contribution in [3.63, 3.8) is 0 Å². The predicted octanol–water partition coefficient (Wildman–Crippen LogP) is 4.59. The van der Waals surface area contributed by atoms with Crippen molar-refractivity contribution >= 4 is 16.8 Å². The zero-order valence-electron chi connectivity index (χ0n) is 15.1. The van der Waals surface area contributed by atoms with E-state index in [1.165, 1.54) is 5.56 Å². The van der Waals surface area contributed by atoms with Crippen LogP contribution in [0.3, 0.4) is 0 Å². The number of H-pyrrole nitrogens is 1. The molecule has 26 heavy (non-hydrogen) atoms. The molecule has 1 aromatic heterocycles. The highest BCUT2D eigenvalue weighted by molar-refractivity contribution is 5.98. The molecule has 134 valence electrons. The molecule has 0 aliphatic carbocycles. The fraction of sp³-hybridized carbons (Fsp3) is 0.318. The number of fused-ring (bicyclic) bond motifs is 1. The third kappa shape index (κ3) is 3.32. The fourth-order valence-corrected chi connectivity index (χ4v) is 3.83. The number of hydrogen-bond donors (Lipinski definition) is 1. The number of carbonyl (C=O) groups excluding carboxylic acids is 1. The summed E-state index contributed by atoms with van der Waals surface area (Å²) in [6.07, 6.45) is 3.31. The van der Waals surface area contributed by atoms with E-state index in [0.717, 1.165) is 49.0 Å². The van der Waals surface area contributed by atoms with Crippen LogP contribution >= 0.6 is 0 Å². The van der Waals surface area contributed by atoms with Crippen LogP contribution in [0.1, 0.15) is 41.2 Å². The maximum atomic E-state index is 13.1. The Labute approximate surface area is 153 Å². The molecule has 1 amide bonds. The van der Waals surface area contributed by atoms with Crippen LogP contribution < -0.4 is 4.74 Å². The molecule has 4 nitrogen and oxygen atoms in total. The van der Waals surface area contributed by atoms with E-state index >= 15 is 0 Å². The van der Waals surface area contributed by atoms with Crippen molar-refractivity contribution in [2.45, 2.75) is 25.2 Å². The summed E-state index contributed by atoms with van der Waals surface area (Å²) in [5.74, 6) is 1.34. The number of rotatable bonds is 3. The van der Waals surface area contributed by atoms with Gasteiger partial charge in [-0.2, -0.15) is 0 Å². The Morgan fingerprint density at radius 2 is 1.92 bits per heavy atom. The molecule has 4 rings (SSSR count). The average molecular weight is 348 g/mol. The van der Waals surface area contributed by atoms with Gasteiger partial charge in [-0.25, -0.2) is 0 Å². The number of hydrogen-bond acceptors (Lipinski definition) is 2. The summed E-state index contributed by atoms with van der Waals surface area (Å²) in [4.78, 5) is 18.4. The van der Waals surface area contributed by atoms with Crippen LogP contribution in [0.15, 0.2) is 54.6 Å². The molecule has 1 aliphatic heterocycles. The minimum absolute atomic E-state index is 0.0987. The molecule has 0 spiro atoms. The first-order valence-corrected chi connectivity index (χ1v) is 9.25. The number of benzene rings is 2. The van der Waals surface area contributed by atoms with Gasteiger partial charge >= 0.3 is 0 Å². The molecular weight excluding hydrogens is 324 g/mol. The van der Waals surface area contributed by atoms with Gasteiger partial charge in [0.2, 0.25) is 0 Å². The standard InChI is InChI=1S/C22H24N2O2/c1-26-19-11-9-16(10-12-19)18-7-4-5-13-24(15-18)22(25)21-14-17-6-2-3-8-20(17)23-21/h2-3,6,8-12,14,18,23H,4-5,7,13,15H2,1H3. The maximum Gasteiger partial charge on any atom is 0.270 e. The fourth-order valence-electron chi connectivity index (χ4n) is 3.83. The van der Waals surface area contributed by atoms with Gasteiger partial charge in [-0.3, -0.25) is 4.79 Å². The number of methoxy groups -OCH3 is 1. The van der Waals surface area contributed by atoms with Crippen molar-refractivity contribution in [3.8, 4) is 5.75 Å². The van der Waals surface area contributed by atoms with E-state index in [1.54, 1.807) is 7.11 Å². The zero-order chi connectivity index (χ0) is 17.9. The Balaban J connectivity index is 1.55. The first-order chi connectivity index (χ1) is 12.7. The average Bonchev–Trinajstić information content (AvgIpc) is 2.97. The molecule has 2 aromatic carbocycles. The van der Waals surface area contributed by atoms with Gasteiger partial charge < -0.3 is 14.6 Å². The van der Waals surface area contributed by atoms with Crippen molar-refractivity contribution in [2.24, 2.45) is 0 Å². The van der Waals surface area contributed by atoms with E-state index in [0.29, 0.717) is 11.6 Å². The highest BCUT2D eigenvalue weighted by atomic mass is 16.5. The monoisotopic (exact) mass is 348 g/mol. The van der Waals surface area contributed by atoms with Crippen molar-refractivity contribution in [1.29, 1.82) is 0 Å². The number of carbonyl (C=O) groups is 1. The maximum absolute atomic E-state index is 13.1. The molecule has 1 N–H and O–H groups in total. The van der Waals surface area contributed by atoms with E-state index in [1.807, 2.05) is 47.4 Å². The first-order valence-electron chi connectivity index (χ1n) is 9.25. The third-order valence-corrected chi connectivity index (χ3v) is 5.31. The highest BCUT2D eigenvalue weighted by Crippen LogP contribution is 2.29. The molecule has 3 aromatic rings. The highest BCUT2D eigenvalue weighted by Gasteiger charge is 2.25. The van der Waals surface area contributed by atoms with Crippen LogP contribution in [-0.4, -0.2) is 36.0 Å². The number of likely N-dealkylation sites (tertiary alicyclic amines) is 1. The number of ether oxygens (including phenoxy) is 1. The number of nitrogens with one attached hydrogen (secondary N) is 1. The van der Waals surface area contributed by atoms with E-state index in [4.69, 9.17) is 4.74 Å². The van der Waals surface area contributed by atoms with Crippen molar-refractivity contribution in [1.82, 2.24) is 9.88 Å². The number of amides is 1. The van der Waals surface area contributed by atoms with E-state index in [-0.39, 0.29) is 5.91 Å². The van der Waals surface area contributed by atoms with Gasteiger partial charge in [0, 0.05) is 29.9 Å². The van der Waals surface area contributed by atoms with Crippen LogP contribution in [0.25, 0.3) is 10.9 Å². The minimum Gasteiger partial charge on any atom is -0.497 e. The molecular formula is C22H24N2O2. The Hall–Kier alpha value is -2.75. The van der Waals surface area contributed by atoms with Gasteiger partial charge in [0.25, 0.3) is 5.91 Å². The molecule has 2 heterocycles. The smallest absolute Gasteiger partial charge is 0.270 e. The van der Waals surface area contributed by atoms with Crippen LogP contribution in [0.5, 0.6) is 5.75 Å². The lowest BCUT2D eigenvalue weighted by Crippen LogP contribution is -2.34. The van der Waals surface area contributed by atoms with E-state index in [2.05, 4.69) is 17.1 Å². The lowest BCUT2D eigenvalue weighted by Gasteiger charge is -2.24. The van der Waals surface area contributed by atoms with Gasteiger partial charge in [-0.15, -0.1) is 0 Å². The van der Waals surface area contributed by atoms with E-state index in [9.17, 15) is 4.79 Å². The van der Waals surface area contributed by atoms with Crippen LogP contribution in [0, 0.1) is 0 Å². The predicted molar refractivity (Wildman–Crippen MR) is 104 cm³/mol. The molecule has 1 aliphatic rings. The van der Waals surface area contributed by atoms with Gasteiger partial charge in [-0.05, 0) is 42.7 Å². The summed E-state index contributed by atoms with van der Waals surface area (Å²) in [5.41, 5.74) is 2.97. The second-order valence-corrected chi connectivity index (χ2v) is 6.99. The molecule has 0 bridgehead atoms. The summed E-state index contributed by atoms with van der Waals surface area (Å²) in [6.45, 7) is 1.58. The molecule has 1 unspecified atom stereocenters. The van der Waals surface area contributed by atoms with Crippen LogP contribution in [-0.2, 0) is 0 Å². The Bertz CT molecular complexity index is 865. The van der Waals surface area contributed by atoms with Gasteiger partial charge in [0.15, 0.2) is 0 Å². The minimum atomic E-state index is 0.0987.